The van der Waals surface area contributed by atoms with Crippen molar-refractivity contribution in [1.29, 1.82) is 0 Å². The van der Waals surface area contributed by atoms with Gasteiger partial charge in [-0.1, -0.05) is 12.1 Å². The number of aromatic nitrogens is 2. The SMILES string of the molecule is Cc1c(CNC(=O)c2ccnc(CC(=O)C3CC3)n2)cccc1C(F)(F)F. The van der Waals surface area contributed by atoms with Crippen LogP contribution in [-0.4, -0.2) is 21.7 Å². The highest BCUT2D eigenvalue weighted by atomic mass is 19.4. The molecule has 0 aliphatic heterocycles. The lowest BCUT2D eigenvalue weighted by molar-refractivity contribution is -0.138. The molecule has 1 amide bonds. The van der Waals surface area contributed by atoms with E-state index < -0.39 is 17.6 Å². The zero-order chi connectivity index (χ0) is 19.6. The van der Waals surface area contributed by atoms with Crippen molar-refractivity contribution in [2.75, 3.05) is 0 Å². The Hall–Kier alpha value is -2.77. The molecule has 0 bridgehead atoms. The van der Waals surface area contributed by atoms with Gasteiger partial charge in [0.2, 0.25) is 0 Å². The number of nitrogens with one attached hydrogen (secondary N) is 1. The highest BCUT2D eigenvalue weighted by molar-refractivity contribution is 5.92. The number of halogens is 3. The largest absolute Gasteiger partial charge is 0.416 e. The van der Waals surface area contributed by atoms with Gasteiger partial charge in [-0.3, -0.25) is 9.59 Å². The number of nitrogens with zero attached hydrogens (tertiary/aromatic N) is 2. The summed E-state index contributed by atoms with van der Waals surface area (Å²) in [6.45, 7) is 1.31. The van der Waals surface area contributed by atoms with E-state index in [9.17, 15) is 22.8 Å². The highest BCUT2D eigenvalue weighted by Crippen LogP contribution is 2.33. The summed E-state index contributed by atoms with van der Waals surface area (Å²) in [5, 5.41) is 2.57. The smallest absolute Gasteiger partial charge is 0.347 e. The molecule has 3 rings (SSSR count). The molecule has 1 aromatic heterocycles. The molecule has 1 aliphatic carbocycles. The van der Waals surface area contributed by atoms with Gasteiger partial charge in [-0.15, -0.1) is 0 Å². The van der Waals surface area contributed by atoms with Gasteiger partial charge in [-0.05, 0) is 43.0 Å². The molecule has 8 heteroatoms. The predicted octanol–water partition coefficient (Wildman–Crippen LogP) is 3.26. The number of ketones is 1. The first-order chi connectivity index (χ1) is 12.8. The molecule has 0 atom stereocenters. The summed E-state index contributed by atoms with van der Waals surface area (Å²) in [7, 11) is 0. The summed E-state index contributed by atoms with van der Waals surface area (Å²) in [6, 6.07) is 5.25. The van der Waals surface area contributed by atoms with Crippen LogP contribution in [0.4, 0.5) is 13.2 Å². The van der Waals surface area contributed by atoms with Gasteiger partial charge in [0.25, 0.3) is 5.91 Å². The molecular weight excluding hydrogens is 359 g/mol. The van der Waals surface area contributed by atoms with Gasteiger partial charge < -0.3 is 5.32 Å². The van der Waals surface area contributed by atoms with E-state index >= 15 is 0 Å². The van der Waals surface area contributed by atoms with Crippen molar-refractivity contribution in [1.82, 2.24) is 15.3 Å². The van der Waals surface area contributed by atoms with Crippen LogP contribution in [0.5, 0.6) is 0 Å². The van der Waals surface area contributed by atoms with E-state index in [1.54, 1.807) is 0 Å². The summed E-state index contributed by atoms with van der Waals surface area (Å²) in [6.07, 6.45) is -1.20. The molecule has 2 aromatic rings. The van der Waals surface area contributed by atoms with Gasteiger partial charge in [-0.2, -0.15) is 13.2 Å². The van der Waals surface area contributed by atoms with Crippen molar-refractivity contribution < 1.29 is 22.8 Å². The number of carbonyl (C=O) groups excluding carboxylic acids is 2. The third-order valence-electron chi connectivity index (χ3n) is 4.49. The average Bonchev–Trinajstić information content (AvgIpc) is 3.45. The van der Waals surface area contributed by atoms with Crippen LogP contribution >= 0.6 is 0 Å². The molecule has 0 unspecified atom stereocenters. The van der Waals surface area contributed by atoms with Crippen molar-refractivity contribution >= 4 is 11.7 Å². The molecule has 27 heavy (non-hydrogen) atoms. The minimum Gasteiger partial charge on any atom is -0.347 e. The van der Waals surface area contributed by atoms with Crippen molar-refractivity contribution in [3.8, 4) is 0 Å². The lowest BCUT2D eigenvalue weighted by Crippen LogP contribution is -2.25. The molecule has 0 radical (unpaired) electrons. The minimum atomic E-state index is -4.44. The second-order valence-corrected chi connectivity index (χ2v) is 6.55. The molecule has 142 valence electrons. The fourth-order valence-corrected chi connectivity index (χ4v) is 2.76. The molecule has 5 nitrogen and oxygen atoms in total. The summed E-state index contributed by atoms with van der Waals surface area (Å²) in [5.74, 6) is -0.119. The number of hydrogen-bond donors (Lipinski definition) is 1. The molecule has 1 aliphatic rings. The summed E-state index contributed by atoms with van der Waals surface area (Å²) in [5.41, 5.74) is -0.203. The van der Waals surface area contributed by atoms with E-state index in [4.69, 9.17) is 0 Å². The molecular formula is C19H18F3N3O2. The molecule has 0 spiro atoms. The number of carbonyl (C=O) groups is 2. The van der Waals surface area contributed by atoms with Crippen LogP contribution in [0.2, 0.25) is 0 Å². The second-order valence-electron chi connectivity index (χ2n) is 6.55. The van der Waals surface area contributed by atoms with Crippen LogP contribution in [0.1, 0.15) is 45.8 Å². The zero-order valence-electron chi connectivity index (χ0n) is 14.6. The molecule has 1 saturated carbocycles. The van der Waals surface area contributed by atoms with Crippen molar-refractivity contribution in [3.63, 3.8) is 0 Å². The van der Waals surface area contributed by atoms with Crippen LogP contribution in [0.15, 0.2) is 30.5 Å². The second kappa shape index (κ2) is 7.46. The maximum absolute atomic E-state index is 13.0. The fraction of sp³-hybridized carbons (Fsp3) is 0.368. The number of hydrogen-bond acceptors (Lipinski definition) is 4. The van der Waals surface area contributed by atoms with E-state index in [1.165, 1.54) is 31.3 Å². The highest BCUT2D eigenvalue weighted by Gasteiger charge is 2.33. The van der Waals surface area contributed by atoms with Crippen LogP contribution in [0.3, 0.4) is 0 Å². The Morgan fingerprint density at radius 2 is 1.96 bits per heavy atom. The third-order valence-corrected chi connectivity index (χ3v) is 4.49. The standard InChI is InChI=1S/C19H18F3N3O2/c1-11-13(3-2-4-14(11)19(20,21)22)10-24-18(27)15-7-8-23-17(25-15)9-16(26)12-5-6-12/h2-4,7-8,12H,5-6,9-10H2,1H3,(H,24,27). The van der Waals surface area contributed by atoms with E-state index in [2.05, 4.69) is 15.3 Å². The molecule has 1 fully saturated rings. The number of benzene rings is 1. The first-order valence-electron chi connectivity index (χ1n) is 8.54. The van der Waals surface area contributed by atoms with E-state index in [0.29, 0.717) is 5.56 Å². The third kappa shape index (κ3) is 4.69. The van der Waals surface area contributed by atoms with Crippen molar-refractivity contribution in [2.24, 2.45) is 5.92 Å². The normalized spacial score (nSPS) is 14.1. The zero-order valence-corrected chi connectivity index (χ0v) is 14.6. The van der Waals surface area contributed by atoms with Crippen molar-refractivity contribution in [2.45, 2.75) is 38.9 Å². The molecule has 1 heterocycles. The lowest BCUT2D eigenvalue weighted by Gasteiger charge is -2.14. The van der Waals surface area contributed by atoms with Gasteiger partial charge in [0.15, 0.2) is 0 Å². The number of alkyl halides is 3. The van der Waals surface area contributed by atoms with Crippen LogP contribution in [0.25, 0.3) is 0 Å². The monoisotopic (exact) mass is 377 g/mol. The molecule has 0 saturated heterocycles. The Morgan fingerprint density at radius 1 is 1.22 bits per heavy atom. The van der Waals surface area contributed by atoms with E-state index in [0.717, 1.165) is 18.9 Å². The van der Waals surface area contributed by atoms with Crippen LogP contribution in [-0.2, 0) is 23.9 Å². The summed E-state index contributed by atoms with van der Waals surface area (Å²) < 4.78 is 38.9. The average molecular weight is 377 g/mol. The van der Waals surface area contributed by atoms with Gasteiger partial charge >= 0.3 is 6.18 Å². The first kappa shape index (κ1) is 19.0. The van der Waals surface area contributed by atoms with Gasteiger partial charge in [-0.25, -0.2) is 9.97 Å². The molecule has 1 N–H and O–H groups in total. The Labute approximate surface area is 154 Å². The quantitative estimate of drug-likeness (QED) is 0.839. The Kier molecular flexibility index (Phi) is 5.25. The Bertz CT molecular complexity index is 877. The summed E-state index contributed by atoms with van der Waals surface area (Å²) in [4.78, 5) is 32.2. The van der Waals surface area contributed by atoms with Gasteiger partial charge in [0.1, 0.15) is 17.3 Å². The topological polar surface area (TPSA) is 72.0 Å². The van der Waals surface area contributed by atoms with Crippen LogP contribution in [0, 0.1) is 12.8 Å². The molecule has 1 aromatic carbocycles. The van der Waals surface area contributed by atoms with E-state index in [1.807, 2.05) is 0 Å². The van der Waals surface area contributed by atoms with E-state index in [-0.39, 0.29) is 41.7 Å². The van der Waals surface area contributed by atoms with Gasteiger partial charge in [0, 0.05) is 18.7 Å². The predicted molar refractivity (Wildman–Crippen MR) is 90.8 cm³/mol. The number of rotatable bonds is 6. The Balaban J connectivity index is 1.67. The van der Waals surface area contributed by atoms with Crippen molar-refractivity contribution in [3.05, 3.63) is 58.7 Å². The first-order valence-corrected chi connectivity index (χ1v) is 8.54. The van der Waals surface area contributed by atoms with Crippen LogP contribution < -0.4 is 5.32 Å². The minimum absolute atomic E-state index is 0.0606. The fourth-order valence-electron chi connectivity index (χ4n) is 2.76. The number of amides is 1. The van der Waals surface area contributed by atoms with Gasteiger partial charge in [0.05, 0.1) is 12.0 Å². The maximum Gasteiger partial charge on any atom is 0.416 e. The summed E-state index contributed by atoms with van der Waals surface area (Å²) >= 11 is 0. The maximum atomic E-state index is 13.0. The lowest BCUT2D eigenvalue weighted by atomic mass is 10.0. The number of Topliss-reactive ketones (excluding diaryl/α,β-unsaturated/α-hetero) is 1. The Morgan fingerprint density at radius 3 is 2.63 bits per heavy atom.